The quantitative estimate of drug-likeness (QED) is 0.457. The Morgan fingerprint density at radius 3 is 2.71 bits per heavy atom. The summed E-state index contributed by atoms with van der Waals surface area (Å²) >= 11 is 1.03. The molecular formula is C12H11N3O5S. The number of nitro groups is 1. The van der Waals surface area contributed by atoms with Crippen molar-refractivity contribution in [3.8, 4) is 6.07 Å². The smallest absolute Gasteiger partial charge is 0.327 e. The van der Waals surface area contributed by atoms with Crippen molar-refractivity contribution in [3.63, 3.8) is 0 Å². The summed E-state index contributed by atoms with van der Waals surface area (Å²) in [4.78, 5) is 32.3. The van der Waals surface area contributed by atoms with E-state index in [9.17, 15) is 19.7 Å². The summed E-state index contributed by atoms with van der Waals surface area (Å²) in [5.41, 5.74) is -0.131. The topological polar surface area (TPSA) is 133 Å². The third kappa shape index (κ3) is 4.77. The highest BCUT2D eigenvalue weighted by molar-refractivity contribution is 7.99. The molecule has 1 rings (SSSR count). The maximum atomic E-state index is 11.0. The minimum atomic E-state index is -1.20. The van der Waals surface area contributed by atoms with Gasteiger partial charge in [0.25, 0.3) is 5.69 Å². The zero-order valence-corrected chi connectivity index (χ0v) is 11.7. The average Bonchev–Trinajstić information content (AvgIpc) is 2.42. The van der Waals surface area contributed by atoms with Crippen LogP contribution >= 0.6 is 11.8 Å². The van der Waals surface area contributed by atoms with Crippen LogP contribution in [0.5, 0.6) is 0 Å². The highest BCUT2D eigenvalue weighted by atomic mass is 32.2. The van der Waals surface area contributed by atoms with Gasteiger partial charge < -0.3 is 10.4 Å². The SMILES string of the molecule is CC(=O)NC(CSc1ccc([N+](=O)[O-])cc1C#N)C(=O)O. The number of benzene rings is 1. The fraction of sp³-hybridized carbons (Fsp3) is 0.250. The Labute approximate surface area is 123 Å². The van der Waals surface area contributed by atoms with Crippen LogP contribution in [0.25, 0.3) is 0 Å². The molecule has 0 bridgehead atoms. The molecule has 8 nitrogen and oxygen atoms in total. The molecule has 1 atom stereocenters. The number of carboxylic acid groups (broad SMARTS) is 1. The molecule has 1 amide bonds. The Balaban J connectivity index is 2.87. The molecule has 0 aliphatic rings. The van der Waals surface area contributed by atoms with Crippen LogP contribution in [0, 0.1) is 21.4 Å². The van der Waals surface area contributed by atoms with Crippen LogP contribution in [0.3, 0.4) is 0 Å². The van der Waals surface area contributed by atoms with E-state index in [2.05, 4.69) is 5.32 Å². The molecule has 0 spiro atoms. The molecule has 2 N–H and O–H groups in total. The molecule has 1 aromatic carbocycles. The van der Waals surface area contributed by atoms with Crippen molar-refractivity contribution in [2.24, 2.45) is 0 Å². The number of carboxylic acids is 1. The highest BCUT2D eigenvalue weighted by Gasteiger charge is 2.20. The van der Waals surface area contributed by atoms with E-state index in [1.165, 1.54) is 19.1 Å². The number of non-ortho nitro benzene ring substituents is 1. The molecular weight excluding hydrogens is 298 g/mol. The van der Waals surface area contributed by atoms with Gasteiger partial charge in [0.1, 0.15) is 12.1 Å². The molecule has 1 aromatic rings. The number of nitrogens with zero attached hydrogens (tertiary/aromatic N) is 2. The normalized spacial score (nSPS) is 11.2. The van der Waals surface area contributed by atoms with Crippen molar-refractivity contribution in [1.29, 1.82) is 5.26 Å². The van der Waals surface area contributed by atoms with Crippen LogP contribution in [0.15, 0.2) is 23.1 Å². The number of rotatable bonds is 6. The fourth-order valence-corrected chi connectivity index (χ4v) is 2.43. The van der Waals surface area contributed by atoms with E-state index in [1.54, 1.807) is 0 Å². The predicted molar refractivity (Wildman–Crippen MR) is 73.8 cm³/mol. The first kappa shape index (κ1) is 16.5. The van der Waals surface area contributed by atoms with E-state index in [0.29, 0.717) is 4.90 Å². The van der Waals surface area contributed by atoms with Crippen LogP contribution in [-0.2, 0) is 9.59 Å². The summed E-state index contributed by atoms with van der Waals surface area (Å²) in [7, 11) is 0. The van der Waals surface area contributed by atoms with Gasteiger partial charge in [0.15, 0.2) is 0 Å². The van der Waals surface area contributed by atoms with Crippen molar-refractivity contribution in [1.82, 2.24) is 5.32 Å². The van der Waals surface area contributed by atoms with Crippen molar-refractivity contribution in [2.75, 3.05) is 5.75 Å². The Bertz CT molecular complexity index is 626. The summed E-state index contributed by atoms with van der Waals surface area (Å²) in [6, 6.07) is 4.46. The summed E-state index contributed by atoms with van der Waals surface area (Å²) in [6.07, 6.45) is 0. The Morgan fingerprint density at radius 2 is 2.24 bits per heavy atom. The van der Waals surface area contributed by atoms with E-state index >= 15 is 0 Å². The molecule has 21 heavy (non-hydrogen) atoms. The van der Waals surface area contributed by atoms with Gasteiger partial charge in [0.05, 0.1) is 10.5 Å². The van der Waals surface area contributed by atoms with Crippen molar-refractivity contribution in [3.05, 3.63) is 33.9 Å². The molecule has 0 radical (unpaired) electrons. The minimum Gasteiger partial charge on any atom is -0.480 e. The molecule has 9 heteroatoms. The van der Waals surface area contributed by atoms with Crippen LogP contribution < -0.4 is 5.32 Å². The largest absolute Gasteiger partial charge is 0.480 e. The number of thioether (sulfide) groups is 1. The number of hydrogen-bond acceptors (Lipinski definition) is 6. The van der Waals surface area contributed by atoms with Crippen LogP contribution in [0.2, 0.25) is 0 Å². The number of nitro benzene ring substituents is 1. The van der Waals surface area contributed by atoms with Gasteiger partial charge >= 0.3 is 5.97 Å². The first-order valence-corrected chi connectivity index (χ1v) is 6.65. The van der Waals surface area contributed by atoms with Crippen molar-refractivity contribution >= 4 is 29.3 Å². The standard InChI is InChI=1S/C12H11N3O5S/c1-7(16)14-10(12(17)18)6-21-11-3-2-9(15(19)20)4-8(11)5-13/h2-4,10H,6H2,1H3,(H,14,16)(H,17,18). The molecule has 1 unspecified atom stereocenters. The summed E-state index contributed by atoms with van der Waals surface area (Å²) in [6.45, 7) is 1.20. The maximum absolute atomic E-state index is 11.0. The third-order valence-electron chi connectivity index (χ3n) is 2.38. The third-order valence-corrected chi connectivity index (χ3v) is 3.54. The molecule has 110 valence electrons. The molecule has 0 aliphatic carbocycles. The van der Waals surface area contributed by atoms with Gasteiger partial charge in [-0.1, -0.05) is 0 Å². The lowest BCUT2D eigenvalue weighted by Crippen LogP contribution is -2.41. The maximum Gasteiger partial charge on any atom is 0.327 e. The molecule has 0 saturated carbocycles. The first-order valence-electron chi connectivity index (χ1n) is 5.66. The lowest BCUT2D eigenvalue weighted by molar-refractivity contribution is -0.384. The predicted octanol–water partition coefficient (Wildman–Crippen LogP) is 1.15. The van der Waals surface area contributed by atoms with Crippen LogP contribution in [0.1, 0.15) is 12.5 Å². The Hall–Kier alpha value is -2.60. The summed E-state index contributed by atoms with van der Waals surface area (Å²) in [5, 5.41) is 30.8. The van der Waals surface area contributed by atoms with Gasteiger partial charge in [0.2, 0.25) is 5.91 Å². The number of amides is 1. The van der Waals surface area contributed by atoms with E-state index < -0.39 is 22.8 Å². The zero-order valence-electron chi connectivity index (χ0n) is 10.9. The van der Waals surface area contributed by atoms with Crippen LogP contribution in [0.4, 0.5) is 5.69 Å². The van der Waals surface area contributed by atoms with E-state index in [-0.39, 0.29) is 17.0 Å². The van der Waals surface area contributed by atoms with E-state index in [1.807, 2.05) is 6.07 Å². The zero-order chi connectivity index (χ0) is 16.0. The number of nitrogens with one attached hydrogen (secondary N) is 1. The number of hydrogen-bond donors (Lipinski definition) is 2. The summed E-state index contributed by atoms with van der Waals surface area (Å²) < 4.78 is 0. The Morgan fingerprint density at radius 1 is 1.57 bits per heavy atom. The van der Waals surface area contributed by atoms with Gasteiger partial charge in [-0.05, 0) is 6.07 Å². The van der Waals surface area contributed by atoms with Crippen molar-refractivity contribution < 1.29 is 19.6 Å². The fourth-order valence-electron chi connectivity index (χ4n) is 1.44. The first-order chi connectivity index (χ1) is 9.85. The lowest BCUT2D eigenvalue weighted by Gasteiger charge is -2.13. The number of nitriles is 1. The number of aliphatic carboxylic acids is 1. The molecule has 0 heterocycles. The number of carbonyl (C=O) groups excluding carboxylic acids is 1. The van der Waals surface area contributed by atoms with Gasteiger partial charge in [-0.3, -0.25) is 14.9 Å². The second kappa shape index (κ2) is 7.25. The highest BCUT2D eigenvalue weighted by Crippen LogP contribution is 2.26. The molecule has 0 aliphatic heterocycles. The minimum absolute atomic E-state index is 0.00139. The number of carbonyl (C=O) groups is 2. The van der Waals surface area contributed by atoms with Gasteiger partial charge in [-0.15, -0.1) is 11.8 Å². The monoisotopic (exact) mass is 309 g/mol. The Kier molecular flexibility index (Phi) is 5.68. The second-order valence-corrected chi connectivity index (χ2v) is 5.01. The molecule has 0 saturated heterocycles. The van der Waals surface area contributed by atoms with E-state index in [4.69, 9.17) is 10.4 Å². The van der Waals surface area contributed by atoms with Gasteiger partial charge in [0, 0.05) is 29.7 Å². The van der Waals surface area contributed by atoms with Gasteiger partial charge in [-0.25, -0.2) is 4.79 Å². The van der Waals surface area contributed by atoms with Gasteiger partial charge in [-0.2, -0.15) is 5.26 Å². The summed E-state index contributed by atoms with van der Waals surface area (Å²) in [5.74, 6) is -1.67. The average molecular weight is 309 g/mol. The van der Waals surface area contributed by atoms with E-state index in [0.717, 1.165) is 17.8 Å². The lowest BCUT2D eigenvalue weighted by atomic mass is 10.2. The molecule has 0 aromatic heterocycles. The second-order valence-electron chi connectivity index (χ2n) is 3.95. The molecule has 0 fully saturated rings. The van der Waals surface area contributed by atoms with Crippen LogP contribution in [-0.4, -0.2) is 33.7 Å². The van der Waals surface area contributed by atoms with Crippen molar-refractivity contribution in [2.45, 2.75) is 17.9 Å².